The number of nitro groups is 1. The Morgan fingerprint density at radius 2 is 2.28 bits per heavy atom. The van der Waals surface area contributed by atoms with Crippen molar-refractivity contribution < 1.29 is 14.6 Å². The largest absolute Gasteiger partial charge is 0.396 e. The topological polar surface area (TPSA) is 89.4 Å². The number of nitrogens with zero attached hydrogens (tertiary/aromatic N) is 2. The Kier molecular flexibility index (Phi) is 3.55. The van der Waals surface area contributed by atoms with E-state index in [4.69, 9.17) is 9.63 Å². The van der Waals surface area contributed by atoms with E-state index in [9.17, 15) is 10.1 Å². The van der Waals surface area contributed by atoms with E-state index in [1.807, 2.05) is 0 Å². The highest BCUT2D eigenvalue weighted by molar-refractivity contribution is 5.74. The molecule has 0 amide bonds. The average Bonchev–Trinajstić information content (AvgIpc) is 2.84. The van der Waals surface area contributed by atoms with E-state index in [-0.39, 0.29) is 12.3 Å². The quantitative estimate of drug-likeness (QED) is 0.482. The molecule has 2 rings (SSSR count). The Morgan fingerprint density at radius 1 is 1.44 bits per heavy atom. The van der Waals surface area contributed by atoms with Crippen molar-refractivity contribution in [1.82, 2.24) is 5.16 Å². The van der Waals surface area contributed by atoms with Crippen LogP contribution in [0, 0.1) is 10.1 Å². The minimum Gasteiger partial charge on any atom is -0.396 e. The Labute approximate surface area is 102 Å². The molecule has 1 N–H and O–H groups in total. The molecule has 1 aromatic rings. The van der Waals surface area contributed by atoms with Crippen molar-refractivity contribution >= 4 is 5.57 Å². The van der Waals surface area contributed by atoms with Gasteiger partial charge in [-0.1, -0.05) is 10.9 Å². The Bertz CT molecular complexity index is 599. The molecule has 0 bridgehead atoms. The van der Waals surface area contributed by atoms with Crippen molar-refractivity contribution in [2.24, 2.45) is 0 Å². The number of aromatic nitrogens is 1. The minimum absolute atomic E-state index is 0.0840. The van der Waals surface area contributed by atoms with E-state index in [1.165, 1.54) is 12.3 Å². The molecule has 6 nitrogen and oxygen atoms in total. The van der Waals surface area contributed by atoms with E-state index >= 15 is 0 Å². The molecule has 1 heterocycles. The summed E-state index contributed by atoms with van der Waals surface area (Å²) in [6, 6.07) is 0. The summed E-state index contributed by atoms with van der Waals surface area (Å²) in [5.74, 6) is 0. The summed E-state index contributed by atoms with van der Waals surface area (Å²) in [6.07, 6.45) is 5.62. The highest BCUT2D eigenvalue weighted by atomic mass is 16.6. The Balaban J connectivity index is 2.34. The molecule has 0 spiro atoms. The molecule has 0 saturated carbocycles. The lowest BCUT2D eigenvalue weighted by Gasteiger charge is -1.99. The number of rotatable bonds is 5. The van der Waals surface area contributed by atoms with Crippen LogP contribution in [-0.4, -0.2) is 21.8 Å². The van der Waals surface area contributed by atoms with Gasteiger partial charge in [-0.3, -0.25) is 10.1 Å². The van der Waals surface area contributed by atoms with Crippen molar-refractivity contribution in [3.05, 3.63) is 56.9 Å². The fourth-order valence-corrected chi connectivity index (χ4v) is 1.55. The Hall–Kier alpha value is -2.39. The molecule has 1 aliphatic rings. The number of aryl methyl sites for hydroxylation is 1. The molecule has 0 atom stereocenters. The van der Waals surface area contributed by atoms with Gasteiger partial charge >= 0.3 is 5.70 Å². The first-order valence-electron chi connectivity index (χ1n) is 5.35. The molecule has 6 heteroatoms. The summed E-state index contributed by atoms with van der Waals surface area (Å²) in [7, 11) is 0. The van der Waals surface area contributed by atoms with Crippen LogP contribution in [0.25, 0.3) is 5.57 Å². The third-order valence-corrected chi connectivity index (χ3v) is 2.43. The average molecular weight is 246 g/mol. The molecule has 1 aliphatic carbocycles. The van der Waals surface area contributed by atoms with Gasteiger partial charge in [0.2, 0.25) is 0 Å². The fraction of sp³-hybridized carbons (Fsp3) is 0.250. The zero-order chi connectivity index (χ0) is 13.0. The standard InChI is InChI=1S/C12H10N2O4/c15-7-1-2-10-8-18-13-12(10)9-3-5-11(6-4-9)14(16)17/h3,5,8,15H,1-2,7H2. The molecule has 0 unspecified atom stereocenters. The van der Waals surface area contributed by atoms with Crippen LogP contribution in [0.2, 0.25) is 0 Å². The van der Waals surface area contributed by atoms with Gasteiger partial charge in [0.25, 0.3) is 0 Å². The first-order valence-corrected chi connectivity index (χ1v) is 5.35. The van der Waals surface area contributed by atoms with Crippen molar-refractivity contribution in [1.29, 1.82) is 0 Å². The lowest BCUT2D eigenvalue weighted by molar-refractivity contribution is -0.418. The van der Waals surface area contributed by atoms with Gasteiger partial charge in [-0.05, 0) is 18.9 Å². The SMILES string of the molecule is O=[N+]([O-])C1=C=C=C(c2nocc2CCCO)C=C1. The van der Waals surface area contributed by atoms with Gasteiger partial charge in [0.15, 0.2) is 0 Å². The molecule has 0 saturated heterocycles. The second-order valence-electron chi connectivity index (χ2n) is 3.65. The van der Waals surface area contributed by atoms with E-state index in [2.05, 4.69) is 16.6 Å². The fourth-order valence-electron chi connectivity index (χ4n) is 1.55. The van der Waals surface area contributed by atoms with Crippen molar-refractivity contribution in [3.63, 3.8) is 0 Å². The van der Waals surface area contributed by atoms with Crippen LogP contribution in [0.4, 0.5) is 0 Å². The lowest BCUT2D eigenvalue weighted by Crippen LogP contribution is -1.97. The number of hydrogen-bond acceptors (Lipinski definition) is 5. The van der Waals surface area contributed by atoms with Crippen LogP contribution < -0.4 is 0 Å². The van der Waals surface area contributed by atoms with Gasteiger partial charge in [-0.15, -0.1) is 0 Å². The molecular formula is C12H10N2O4. The lowest BCUT2D eigenvalue weighted by atomic mass is 10.0. The van der Waals surface area contributed by atoms with Crippen molar-refractivity contribution in [2.75, 3.05) is 6.61 Å². The molecule has 0 aliphatic heterocycles. The highest BCUT2D eigenvalue weighted by Crippen LogP contribution is 2.21. The van der Waals surface area contributed by atoms with Gasteiger partial charge in [0.05, 0.1) is 10.5 Å². The molecule has 0 aromatic carbocycles. The van der Waals surface area contributed by atoms with Crippen LogP contribution in [-0.2, 0) is 6.42 Å². The first-order chi connectivity index (χ1) is 8.72. The maximum absolute atomic E-state index is 10.5. The number of hydrogen-bond donors (Lipinski definition) is 1. The normalized spacial score (nSPS) is 13.4. The van der Waals surface area contributed by atoms with Gasteiger partial charge in [-0.25, -0.2) is 0 Å². The van der Waals surface area contributed by atoms with Crippen LogP contribution in [0.15, 0.2) is 40.1 Å². The van der Waals surface area contributed by atoms with E-state index in [0.717, 1.165) is 5.56 Å². The third kappa shape index (κ3) is 2.47. The summed E-state index contributed by atoms with van der Waals surface area (Å²) < 4.78 is 4.88. The highest BCUT2D eigenvalue weighted by Gasteiger charge is 2.14. The van der Waals surface area contributed by atoms with Gasteiger partial charge < -0.3 is 9.63 Å². The third-order valence-electron chi connectivity index (χ3n) is 2.43. The molecule has 1 aromatic heterocycles. The van der Waals surface area contributed by atoms with E-state index in [1.54, 1.807) is 6.08 Å². The summed E-state index contributed by atoms with van der Waals surface area (Å²) in [5, 5.41) is 23.1. The molecule has 0 fully saturated rings. The van der Waals surface area contributed by atoms with Crippen LogP contribution in [0.5, 0.6) is 0 Å². The van der Waals surface area contributed by atoms with Crippen LogP contribution >= 0.6 is 0 Å². The van der Waals surface area contributed by atoms with Crippen molar-refractivity contribution in [2.45, 2.75) is 12.8 Å². The van der Waals surface area contributed by atoms with Gasteiger partial charge in [0, 0.05) is 24.0 Å². The summed E-state index contributed by atoms with van der Waals surface area (Å²) in [4.78, 5) is 9.97. The van der Waals surface area contributed by atoms with E-state index in [0.29, 0.717) is 24.1 Å². The first kappa shape index (κ1) is 12.1. The monoisotopic (exact) mass is 246 g/mol. The molecule has 0 radical (unpaired) electrons. The zero-order valence-corrected chi connectivity index (χ0v) is 9.42. The van der Waals surface area contributed by atoms with Crippen LogP contribution in [0.3, 0.4) is 0 Å². The summed E-state index contributed by atoms with van der Waals surface area (Å²) >= 11 is 0. The number of aliphatic hydroxyl groups is 1. The maximum Gasteiger partial charge on any atom is 0.319 e. The smallest absolute Gasteiger partial charge is 0.319 e. The molecule has 18 heavy (non-hydrogen) atoms. The second-order valence-corrected chi connectivity index (χ2v) is 3.65. The maximum atomic E-state index is 10.5. The number of allylic oxidation sites excluding steroid dienone is 3. The Morgan fingerprint density at radius 3 is 2.89 bits per heavy atom. The van der Waals surface area contributed by atoms with Crippen LogP contribution in [0.1, 0.15) is 17.7 Å². The molecule has 92 valence electrons. The van der Waals surface area contributed by atoms with Crippen molar-refractivity contribution in [3.8, 4) is 0 Å². The predicted octanol–water partition coefficient (Wildman–Crippen LogP) is 1.47. The zero-order valence-electron chi connectivity index (χ0n) is 9.42. The number of aliphatic hydroxyl groups excluding tert-OH is 1. The predicted molar refractivity (Wildman–Crippen MR) is 62.0 cm³/mol. The molecular weight excluding hydrogens is 236 g/mol. The summed E-state index contributed by atoms with van der Waals surface area (Å²) in [5.41, 5.74) is 7.00. The minimum atomic E-state index is -0.532. The van der Waals surface area contributed by atoms with Gasteiger partial charge in [-0.2, -0.15) is 0 Å². The summed E-state index contributed by atoms with van der Waals surface area (Å²) in [6.45, 7) is 0.0840. The van der Waals surface area contributed by atoms with E-state index < -0.39 is 4.92 Å². The van der Waals surface area contributed by atoms with Gasteiger partial charge in [0.1, 0.15) is 12.0 Å². The second kappa shape index (κ2) is 5.29.